The van der Waals surface area contributed by atoms with Crippen molar-refractivity contribution in [1.82, 2.24) is 0 Å². The van der Waals surface area contributed by atoms with Crippen molar-refractivity contribution in [3.05, 3.63) is 15.8 Å². The van der Waals surface area contributed by atoms with Crippen molar-refractivity contribution in [1.29, 1.82) is 0 Å². The van der Waals surface area contributed by atoms with Crippen LogP contribution in [0.25, 0.3) is 0 Å². The van der Waals surface area contributed by atoms with Crippen LogP contribution in [-0.4, -0.2) is 0 Å². The molecule has 1 heterocycles. The Bertz CT molecular complexity index is 239. The smallest absolute Gasteiger partial charge is 0.0458 e. The fraction of sp³-hybridized carbons (Fsp3) is 0.500. The second-order valence-electron chi connectivity index (χ2n) is 2.80. The van der Waals surface area contributed by atoms with Crippen molar-refractivity contribution < 1.29 is 0 Å². The number of nitrogen functional groups attached to an aromatic ring is 1. The van der Waals surface area contributed by atoms with Crippen molar-refractivity contribution >= 4 is 17.0 Å². The topological polar surface area (TPSA) is 26.0 Å². The molecule has 0 saturated heterocycles. The Hall–Kier alpha value is -0.500. The summed E-state index contributed by atoms with van der Waals surface area (Å²) < 4.78 is 0. The van der Waals surface area contributed by atoms with Crippen LogP contribution in [0.1, 0.15) is 23.3 Å². The Morgan fingerprint density at radius 2 is 2.10 bits per heavy atom. The summed E-state index contributed by atoms with van der Waals surface area (Å²) >= 11 is 1.83. The minimum Gasteiger partial charge on any atom is -0.398 e. The van der Waals surface area contributed by atoms with E-state index in [4.69, 9.17) is 5.73 Å². The molecule has 2 N–H and O–H groups in total. The average molecular weight is 153 g/mol. The number of rotatable bonds is 0. The number of anilines is 1. The van der Waals surface area contributed by atoms with Gasteiger partial charge in [-0.05, 0) is 31.2 Å². The van der Waals surface area contributed by atoms with Crippen molar-refractivity contribution in [2.24, 2.45) is 0 Å². The van der Waals surface area contributed by atoms with Crippen LogP contribution in [-0.2, 0) is 12.8 Å². The predicted octanol–water partition coefficient (Wildman–Crippen LogP) is 2.21. The van der Waals surface area contributed by atoms with Gasteiger partial charge in [0.05, 0.1) is 0 Å². The van der Waals surface area contributed by atoms with Gasteiger partial charge in [0.25, 0.3) is 0 Å². The second-order valence-corrected chi connectivity index (χ2v) is 3.76. The average Bonchev–Trinajstić information content (AvgIpc) is 2.34. The summed E-state index contributed by atoms with van der Waals surface area (Å²) in [5.74, 6) is 0. The first-order valence-corrected chi connectivity index (χ1v) is 4.60. The monoisotopic (exact) mass is 153 g/mol. The van der Waals surface area contributed by atoms with Crippen LogP contribution in [0.15, 0.2) is 5.38 Å². The molecule has 0 bridgehead atoms. The van der Waals surface area contributed by atoms with Gasteiger partial charge >= 0.3 is 0 Å². The third-order valence-electron chi connectivity index (χ3n) is 2.09. The molecule has 0 unspecified atom stereocenters. The van der Waals surface area contributed by atoms with E-state index in [2.05, 4.69) is 5.38 Å². The normalized spacial score (nSPS) is 16.8. The van der Waals surface area contributed by atoms with Crippen molar-refractivity contribution in [3.63, 3.8) is 0 Å². The van der Waals surface area contributed by atoms with Crippen LogP contribution >= 0.6 is 11.3 Å². The first-order valence-electron chi connectivity index (χ1n) is 3.72. The molecule has 0 saturated carbocycles. The molecule has 54 valence electrons. The molecule has 1 aromatic heterocycles. The Morgan fingerprint density at radius 1 is 1.30 bits per heavy atom. The van der Waals surface area contributed by atoms with E-state index >= 15 is 0 Å². The molecular formula is C8H11NS. The number of hydrogen-bond acceptors (Lipinski definition) is 2. The molecule has 10 heavy (non-hydrogen) atoms. The quantitative estimate of drug-likeness (QED) is 0.607. The van der Waals surface area contributed by atoms with E-state index in [0.717, 1.165) is 5.69 Å². The number of aryl methyl sites for hydroxylation is 1. The summed E-state index contributed by atoms with van der Waals surface area (Å²) in [6.07, 6.45) is 5.16. The van der Waals surface area contributed by atoms with Gasteiger partial charge in [0.1, 0.15) is 0 Å². The minimum absolute atomic E-state index is 1.03. The largest absolute Gasteiger partial charge is 0.398 e. The van der Waals surface area contributed by atoms with Crippen LogP contribution in [0, 0.1) is 0 Å². The van der Waals surface area contributed by atoms with Crippen molar-refractivity contribution in [3.8, 4) is 0 Å². The lowest BCUT2D eigenvalue weighted by Crippen LogP contribution is -2.00. The third-order valence-corrected chi connectivity index (χ3v) is 3.20. The van der Waals surface area contributed by atoms with Crippen LogP contribution in [0.5, 0.6) is 0 Å². The van der Waals surface area contributed by atoms with Crippen molar-refractivity contribution in [2.75, 3.05) is 5.73 Å². The van der Waals surface area contributed by atoms with Gasteiger partial charge in [-0.3, -0.25) is 0 Å². The highest BCUT2D eigenvalue weighted by atomic mass is 32.1. The highest BCUT2D eigenvalue weighted by Gasteiger charge is 2.12. The summed E-state index contributed by atoms with van der Waals surface area (Å²) in [6, 6.07) is 0. The maximum Gasteiger partial charge on any atom is 0.0458 e. The minimum atomic E-state index is 1.03. The number of thiophene rings is 1. The SMILES string of the molecule is Nc1csc2c1CCCC2. The number of hydrogen-bond donors (Lipinski definition) is 1. The molecule has 0 spiro atoms. The lowest BCUT2D eigenvalue weighted by atomic mass is 9.98. The summed E-state index contributed by atoms with van der Waals surface area (Å²) in [6.45, 7) is 0. The van der Waals surface area contributed by atoms with Crippen LogP contribution in [0.3, 0.4) is 0 Å². The summed E-state index contributed by atoms with van der Waals surface area (Å²) in [4.78, 5) is 1.53. The summed E-state index contributed by atoms with van der Waals surface area (Å²) in [5, 5.41) is 2.08. The lowest BCUT2D eigenvalue weighted by Gasteiger charge is -2.10. The molecule has 0 amide bonds. The fourth-order valence-corrected chi connectivity index (χ4v) is 2.55. The summed E-state index contributed by atoms with van der Waals surface area (Å²) in [5.41, 5.74) is 8.24. The van der Waals surface area contributed by atoms with E-state index in [9.17, 15) is 0 Å². The highest BCUT2D eigenvalue weighted by Crippen LogP contribution is 2.31. The van der Waals surface area contributed by atoms with E-state index in [-0.39, 0.29) is 0 Å². The van der Waals surface area contributed by atoms with Gasteiger partial charge in [-0.25, -0.2) is 0 Å². The van der Waals surface area contributed by atoms with Gasteiger partial charge in [0.2, 0.25) is 0 Å². The first-order chi connectivity index (χ1) is 4.88. The fourth-order valence-electron chi connectivity index (χ4n) is 1.52. The van der Waals surface area contributed by atoms with Crippen molar-refractivity contribution in [2.45, 2.75) is 25.7 Å². The molecule has 0 radical (unpaired) electrons. The molecule has 1 aliphatic carbocycles. The van der Waals surface area contributed by atoms with Crippen LogP contribution in [0.4, 0.5) is 5.69 Å². The van der Waals surface area contributed by atoms with Gasteiger partial charge in [-0.2, -0.15) is 0 Å². The van der Waals surface area contributed by atoms with E-state index in [1.54, 1.807) is 0 Å². The Balaban J connectivity index is 2.45. The maximum absolute atomic E-state index is 5.77. The van der Waals surface area contributed by atoms with Gasteiger partial charge in [-0.1, -0.05) is 0 Å². The van der Waals surface area contributed by atoms with Gasteiger partial charge in [0.15, 0.2) is 0 Å². The Labute approximate surface area is 64.9 Å². The zero-order valence-corrected chi connectivity index (χ0v) is 6.71. The molecule has 0 fully saturated rings. The number of fused-ring (bicyclic) bond motifs is 1. The molecule has 0 aliphatic heterocycles. The van der Waals surface area contributed by atoms with Gasteiger partial charge in [-0.15, -0.1) is 11.3 Å². The Morgan fingerprint density at radius 3 is 2.90 bits per heavy atom. The molecule has 0 atom stereocenters. The summed E-state index contributed by atoms with van der Waals surface area (Å²) in [7, 11) is 0. The van der Waals surface area contributed by atoms with Crippen LogP contribution < -0.4 is 5.73 Å². The van der Waals surface area contributed by atoms with Gasteiger partial charge < -0.3 is 5.73 Å². The zero-order valence-electron chi connectivity index (χ0n) is 5.89. The lowest BCUT2D eigenvalue weighted by molar-refractivity contribution is 0.698. The molecular weight excluding hydrogens is 142 g/mol. The molecule has 1 aliphatic rings. The molecule has 2 rings (SSSR count). The van der Waals surface area contributed by atoms with Crippen LogP contribution in [0.2, 0.25) is 0 Å². The molecule has 0 aromatic carbocycles. The second kappa shape index (κ2) is 2.27. The zero-order chi connectivity index (χ0) is 6.97. The molecule has 2 heteroatoms. The van der Waals surface area contributed by atoms with Gasteiger partial charge in [0, 0.05) is 15.9 Å². The molecule has 1 nitrogen and oxygen atoms in total. The van der Waals surface area contributed by atoms with E-state index in [1.165, 1.54) is 36.1 Å². The first kappa shape index (κ1) is 6.23. The Kier molecular flexibility index (Phi) is 1.42. The van der Waals surface area contributed by atoms with E-state index in [0.29, 0.717) is 0 Å². The van der Waals surface area contributed by atoms with E-state index in [1.807, 2.05) is 11.3 Å². The predicted molar refractivity (Wildman–Crippen MR) is 45.4 cm³/mol. The third kappa shape index (κ3) is 0.833. The van der Waals surface area contributed by atoms with E-state index < -0.39 is 0 Å². The maximum atomic E-state index is 5.77. The standard InChI is InChI=1S/C8H11NS/c9-7-5-10-8-4-2-1-3-6(7)8/h5H,1-4,9H2. The number of nitrogens with two attached hydrogens (primary N) is 1. The molecule has 1 aromatic rings. The highest BCUT2D eigenvalue weighted by molar-refractivity contribution is 7.10.